The van der Waals surface area contributed by atoms with Gasteiger partial charge in [-0.15, -0.1) is 10.2 Å². The summed E-state index contributed by atoms with van der Waals surface area (Å²) in [5.41, 5.74) is 0. The van der Waals surface area contributed by atoms with E-state index >= 15 is 0 Å². The van der Waals surface area contributed by atoms with Crippen molar-refractivity contribution in [2.24, 2.45) is 5.92 Å². The quantitative estimate of drug-likeness (QED) is 0.769. The molecule has 5 heteroatoms. The third-order valence-corrected chi connectivity index (χ3v) is 3.87. The van der Waals surface area contributed by atoms with Crippen LogP contribution in [0.3, 0.4) is 0 Å². The SMILES string of the molecule is CC1CCNC1CN1CCn2cnnc2C1. The van der Waals surface area contributed by atoms with E-state index in [0.29, 0.717) is 6.04 Å². The minimum Gasteiger partial charge on any atom is -0.315 e. The zero-order valence-corrected chi connectivity index (χ0v) is 9.76. The second kappa shape index (κ2) is 4.14. The monoisotopic (exact) mass is 221 g/mol. The molecule has 0 spiro atoms. The van der Waals surface area contributed by atoms with Crippen molar-refractivity contribution in [2.45, 2.75) is 32.5 Å². The molecule has 16 heavy (non-hydrogen) atoms. The molecule has 1 N–H and O–H groups in total. The molecule has 2 aliphatic heterocycles. The first kappa shape index (κ1) is 10.2. The molecular formula is C11H19N5. The number of nitrogens with zero attached hydrogens (tertiary/aromatic N) is 4. The average molecular weight is 221 g/mol. The molecule has 88 valence electrons. The van der Waals surface area contributed by atoms with Crippen LogP contribution in [0.2, 0.25) is 0 Å². The second-order valence-electron chi connectivity index (χ2n) is 5.00. The van der Waals surface area contributed by atoms with E-state index in [9.17, 15) is 0 Å². The fourth-order valence-corrected chi connectivity index (χ4v) is 2.69. The lowest BCUT2D eigenvalue weighted by Crippen LogP contribution is -2.43. The van der Waals surface area contributed by atoms with Crippen LogP contribution in [0.1, 0.15) is 19.2 Å². The maximum atomic E-state index is 4.15. The Morgan fingerprint density at radius 2 is 2.44 bits per heavy atom. The summed E-state index contributed by atoms with van der Waals surface area (Å²) < 4.78 is 2.15. The van der Waals surface area contributed by atoms with E-state index in [-0.39, 0.29) is 0 Å². The normalized spacial score (nSPS) is 30.6. The van der Waals surface area contributed by atoms with E-state index in [1.807, 2.05) is 6.33 Å². The van der Waals surface area contributed by atoms with Gasteiger partial charge in [-0.2, -0.15) is 0 Å². The second-order valence-corrected chi connectivity index (χ2v) is 5.00. The average Bonchev–Trinajstić information content (AvgIpc) is 2.88. The molecule has 2 atom stereocenters. The summed E-state index contributed by atoms with van der Waals surface area (Å²) in [5.74, 6) is 1.91. The predicted octanol–water partition coefficient (Wildman–Crippen LogP) is 0.0917. The fourth-order valence-electron chi connectivity index (χ4n) is 2.69. The van der Waals surface area contributed by atoms with E-state index in [4.69, 9.17) is 0 Å². The maximum Gasteiger partial charge on any atom is 0.147 e. The molecule has 3 rings (SSSR count). The molecule has 2 unspecified atom stereocenters. The minimum absolute atomic E-state index is 0.662. The van der Waals surface area contributed by atoms with Crippen LogP contribution >= 0.6 is 0 Å². The van der Waals surface area contributed by atoms with Crippen molar-refractivity contribution in [3.63, 3.8) is 0 Å². The van der Waals surface area contributed by atoms with Crippen molar-refractivity contribution in [3.05, 3.63) is 12.2 Å². The molecule has 0 aromatic carbocycles. The number of rotatable bonds is 2. The van der Waals surface area contributed by atoms with E-state index < -0.39 is 0 Å². The van der Waals surface area contributed by atoms with Crippen LogP contribution < -0.4 is 5.32 Å². The molecule has 5 nitrogen and oxygen atoms in total. The van der Waals surface area contributed by atoms with Crippen LogP contribution in [0, 0.1) is 5.92 Å². The molecular weight excluding hydrogens is 202 g/mol. The number of fused-ring (bicyclic) bond motifs is 1. The van der Waals surface area contributed by atoms with Gasteiger partial charge in [-0.05, 0) is 18.9 Å². The topological polar surface area (TPSA) is 46.0 Å². The third kappa shape index (κ3) is 1.85. The van der Waals surface area contributed by atoms with Gasteiger partial charge in [0.15, 0.2) is 0 Å². The van der Waals surface area contributed by atoms with Crippen molar-refractivity contribution in [2.75, 3.05) is 19.6 Å². The van der Waals surface area contributed by atoms with Crippen LogP contribution in [0.25, 0.3) is 0 Å². The van der Waals surface area contributed by atoms with Crippen molar-refractivity contribution < 1.29 is 0 Å². The maximum absolute atomic E-state index is 4.15. The van der Waals surface area contributed by atoms with Crippen LogP contribution in [0.4, 0.5) is 0 Å². The van der Waals surface area contributed by atoms with Crippen molar-refractivity contribution in [1.82, 2.24) is 25.0 Å². The van der Waals surface area contributed by atoms with E-state index in [1.165, 1.54) is 13.0 Å². The molecule has 0 aliphatic carbocycles. The Kier molecular flexibility index (Phi) is 2.65. The first-order valence-electron chi connectivity index (χ1n) is 6.15. The van der Waals surface area contributed by atoms with Gasteiger partial charge in [0.25, 0.3) is 0 Å². The molecule has 3 heterocycles. The first-order valence-corrected chi connectivity index (χ1v) is 6.15. The van der Waals surface area contributed by atoms with Crippen LogP contribution in [0.15, 0.2) is 6.33 Å². The summed E-state index contributed by atoms with van der Waals surface area (Å²) in [6.45, 7) is 7.77. The summed E-state index contributed by atoms with van der Waals surface area (Å²) in [5, 5.41) is 11.7. The standard InChI is InChI=1S/C11H19N5/c1-9-2-3-12-10(9)6-15-4-5-16-8-13-14-11(16)7-15/h8-10,12H,2-7H2,1H3. The lowest BCUT2D eigenvalue weighted by molar-refractivity contribution is 0.189. The van der Waals surface area contributed by atoms with E-state index in [1.54, 1.807) is 0 Å². The summed E-state index contributed by atoms with van der Waals surface area (Å²) in [6.07, 6.45) is 3.15. The molecule has 1 aromatic rings. The lowest BCUT2D eigenvalue weighted by atomic mass is 10.0. The Labute approximate surface area is 95.8 Å². The van der Waals surface area contributed by atoms with Crippen LogP contribution in [-0.2, 0) is 13.1 Å². The third-order valence-electron chi connectivity index (χ3n) is 3.87. The summed E-state index contributed by atoms with van der Waals surface area (Å²) in [6, 6.07) is 0.662. The largest absolute Gasteiger partial charge is 0.315 e. The van der Waals surface area contributed by atoms with Gasteiger partial charge in [-0.3, -0.25) is 4.90 Å². The highest BCUT2D eigenvalue weighted by molar-refractivity contribution is 4.92. The van der Waals surface area contributed by atoms with E-state index in [0.717, 1.165) is 37.9 Å². The van der Waals surface area contributed by atoms with Gasteiger partial charge >= 0.3 is 0 Å². The molecule has 1 aromatic heterocycles. The Bertz CT molecular complexity index is 361. The Balaban J connectivity index is 1.61. The lowest BCUT2D eigenvalue weighted by Gasteiger charge is -2.30. The minimum atomic E-state index is 0.662. The van der Waals surface area contributed by atoms with Crippen LogP contribution in [0.5, 0.6) is 0 Å². The van der Waals surface area contributed by atoms with Gasteiger partial charge in [0.1, 0.15) is 12.2 Å². The number of hydrogen-bond acceptors (Lipinski definition) is 4. The van der Waals surface area contributed by atoms with Crippen molar-refractivity contribution >= 4 is 0 Å². The van der Waals surface area contributed by atoms with Gasteiger partial charge in [-0.1, -0.05) is 6.92 Å². The Hall–Kier alpha value is -0.940. The summed E-state index contributed by atoms with van der Waals surface area (Å²) in [7, 11) is 0. The molecule has 2 aliphatic rings. The van der Waals surface area contributed by atoms with Crippen molar-refractivity contribution in [3.8, 4) is 0 Å². The van der Waals surface area contributed by atoms with E-state index in [2.05, 4.69) is 31.9 Å². The predicted molar refractivity (Wildman–Crippen MR) is 60.9 cm³/mol. The fraction of sp³-hybridized carbons (Fsp3) is 0.818. The molecule has 1 fully saturated rings. The molecule has 0 bridgehead atoms. The molecule has 0 amide bonds. The number of hydrogen-bond donors (Lipinski definition) is 1. The van der Waals surface area contributed by atoms with Gasteiger partial charge in [0.05, 0.1) is 6.54 Å². The number of aromatic nitrogens is 3. The van der Waals surface area contributed by atoms with Crippen molar-refractivity contribution in [1.29, 1.82) is 0 Å². The highest BCUT2D eigenvalue weighted by atomic mass is 15.3. The summed E-state index contributed by atoms with van der Waals surface area (Å²) in [4.78, 5) is 2.49. The smallest absolute Gasteiger partial charge is 0.147 e. The highest BCUT2D eigenvalue weighted by Gasteiger charge is 2.26. The van der Waals surface area contributed by atoms with Gasteiger partial charge in [0.2, 0.25) is 0 Å². The number of nitrogens with one attached hydrogen (secondary N) is 1. The Morgan fingerprint density at radius 1 is 1.50 bits per heavy atom. The summed E-state index contributed by atoms with van der Waals surface area (Å²) >= 11 is 0. The highest BCUT2D eigenvalue weighted by Crippen LogP contribution is 2.17. The van der Waals surface area contributed by atoms with Gasteiger partial charge in [-0.25, -0.2) is 0 Å². The first-order chi connectivity index (χ1) is 7.83. The zero-order valence-electron chi connectivity index (χ0n) is 9.76. The Morgan fingerprint density at radius 3 is 3.25 bits per heavy atom. The zero-order chi connectivity index (χ0) is 11.0. The molecule has 1 saturated heterocycles. The molecule has 0 saturated carbocycles. The van der Waals surface area contributed by atoms with Gasteiger partial charge < -0.3 is 9.88 Å². The van der Waals surface area contributed by atoms with Gasteiger partial charge in [0, 0.05) is 25.7 Å². The van der Waals surface area contributed by atoms with Crippen LogP contribution in [-0.4, -0.2) is 45.3 Å². The molecule has 0 radical (unpaired) electrons.